The minimum atomic E-state index is 0.182. The molecule has 0 aliphatic carbocycles. The van der Waals surface area contributed by atoms with E-state index in [0.717, 1.165) is 19.6 Å². The number of aliphatic hydroxyl groups is 1. The van der Waals surface area contributed by atoms with Crippen LogP contribution in [0.1, 0.15) is 12.5 Å². The molecule has 1 fully saturated rings. The predicted molar refractivity (Wildman–Crippen MR) is 71.4 cm³/mol. The fourth-order valence-corrected chi connectivity index (χ4v) is 2.44. The summed E-state index contributed by atoms with van der Waals surface area (Å²) in [7, 11) is 0. The molecule has 0 spiro atoms. The Morgan fingerprint density at radius 3 is 2.94 bits per heavy atom. The van der Waals surface area contributed by atoms with Crippen LogP contribution in [0.5, 0.6) is 0 Å². The van der Waals surface area contributed by atoms with Crippen molar-refractivity contribution in [2.24, 2.45) is 5.92 Å². The first kappa shape index (κ1) is 12.4. The first-order valence-electron chi connectivity index (χ1n) is 6.35. The third-order valence-electron chi connectivity index (χ3n) is 3.37. The van der Waals surface area contributed by atoms with Crippen molar-refractivity contribution < 1.29 is 5.11 Å². The SMILES string of the molecule is Cc1cccc(N2CC(C)CNCC2CO)c1. The van der Waals surface area contributed by atoms with Crippen molar-refractivity contribution in [2.45, 2.75) is 19.9 Å². The van der Waals surface area contributed by atoms with Gasteiger partial charge in [-0.15, -0.1) is 0 Å². The molecule has 2 N–H and O–H groups in total. The minimum Gasteiger partial charge on any atom is -0.394 e. The molecule has 2 atom stereocenters. The molecule has 0 saturated carbocycles. The molecule has 1 aliphatic heterocycles. The number of benzene rings is 1. The van der Waals surface area contributed by atoms with Crippen LogP contribution in [0.3, 0.4) is 0 Å². The molecule has 3 heteroatoms. The molecule has 0 bridgehead atoms. The van der Waals surface area contributed by atoms with Crippen LogP contribution in [0.25, 0.3) is 0 Å². The number of hydrogen-bond donors (Lipinski definition) is 2. The van der Waals surface area contributed by atoms with Gasteiger partial charge in [0.05, 0.1) is 12.6 Å². The van der Waals surface area contributed by atoms with Gasteiger partial charge in [-0.05, 0) is 37.1 Å². The highest BCUT2D eigenvalue weighted by Gasteiger charge is 2.23. The molecular weight excluding hydrogens is 212 g/mol. The smallest absolute Gasteiger partial charge is 0.0647 e. The molecule has 0 aromatic heterocycles. The van der Waals surface area contributed by atoms with Crippen molar-refractivity contribution in [1.82, 2.24) is 5.32 Å². The monoisotopic (exact) mass is 234 g/mol. The molecule has 0 amide bonds. The standard InChI is InChI=1S/C14H22N2O/c1-11-4-3-5-13(6-11)16-9-12(2)7-15-8-14(16)10-17/h3-6,12,14-15,17H,7-10H2,1-2H3. The average Bonchev–Trinajstić information content (AvgIpc) is 2.50. The summed E-state index contributed by atoms with van der Waals surface area (Å²) in [6, 6.07) is 8.70. The van der Waals surface area contributed by atoms with Gasteiger partial charge in [-0.25, -0.2) is 0 Å². The Morgan fingerprint density at radius 2 is 2.24 bits per heavy atom. The van der Waals surface area contributed by atoms with Gasteiger partial charge < -0.3 is 15.3 Å². The maximum atomic E-state index is 9.52. The minimum absolute atomic E-state index is 0.182. The molecule has 1 aromatic rings. The van der Waals surface area contributed by atoms with Gasteiger partial charge in [-0.3, -0.25) is 0 Å². The Bertz CT molecular complexity index is 367. The molecule has 2 unspecified atom stereocenters. The summed E-state index contributed by atoms with van der Waals surface area (Å²) in [6.45, 7) is 7.44. The van der Waals surface area contributed by atoms with Crippen molar-refractivity contribution in [1.29, 1.82) is 0 Å². The number of aryl methyl sites for hydroxylation is 1. The molecule has 0 radical (unpaired) electrons. The summed E-state index contributed by atoms with van der Waals surface area (Å²) >= 11 is 0. The maximum Gasteiger partial charge on any atom is 0.0647 e. The van der Waals surface area contributed by atoms with Crippen molar-refractivity contribution in [3.63, 3.8) is 0 Å². The Kier molecular flexibility index (Phi) is 4.02. The van der Waals surface area contributed by atoms with Crippen LogP contribution in [0.2, 0.25) is 0 Å². The largest absolute Gasteiger partial charge is 0.394 e. The highest BCUT2D eigenvalue weighted by atomic mass is 16.3. The number of anilines is 1. The van der Waals surface area contributed by atoms with E-state index in [1.165, 1.54) is 11.3 Å². The molecule has 1 saturated heterocycles. The lowest BCUT2D eigenvalue weighted by molar-refractivity contribution is 0.259. The number of nitrogens with zero attached hydrogens (tertiary/aromatic N) is 1. The number of hydrogen-bond acceptors (Lipinski definition) is 3. The van der Waals surface area contributed by atoms with Gasteiger partial charge in [0.1, 0.15) is 0 Å². The lowest BCUT2D eigenvalue weighted by Crippen LogP contribution is -2.42. The van der Waals surface area contributed by atoms with E-state index in [1.54, 1.807) is 0 Å². The first-order valence-corrected chi connectivity index (χ1v) is 6.35. The number of nitrogens with one attached hydrogen (secondary N) is 1. The summed E-state index contributed by atoms with van der Waals surface area (Å²) in [5.74, 6) is 0.604. The normalized spacial score (nSPS) is 25.7. The molecule has 94 valence electrons. The van der Waals surface area contributed by atoms with Crippen LogP contribution in [0, 0.1) is 12.8 Å². The maximum absolute atomic E-state index is 9.52. The van der Waals surface area contributed by atoms with Gasteiger partial charge in [0.25, 0.3) is 0 Å². The quantitative estimate of drug-likeness (QED) is 0.812. The second kappa shape index (κ2) is 5.52. The van der Waals surface area contributed by atoms with Crippen LogP contribution in [0.4, 0.5) is 5.69 Å². The molecule has 2 rings (SSSR count). The summed E-state index contributed by atoms with van der Waals surface area (Å²) in [6.07, 6.45) is 0. The van der Waals surface area contributed by atoms with Gasteiger partial charge in [-0.1, -0.05) is 19.1 Å². The van der Waals surface area contributed by atoms with E-state index in [-0.39, 0.29) is 12.6 Å². The van der Waals surface area contributed by atoms with Crippen LogP contribution >= 0.6 is 0 Å². The Balaban J connectivity index is 2.25. The summed E-state index contributed by atoms with van der Waals surface area (Å²) in [5.41, 5.74) is 2.49. The summed E-state index contributed by atoms with van der Waals surface area (Å²) in [4.78, 5) is 2.33. The Morgan fingerprint density at radius 1 is 1.41 bits per heavy atom. The van der Waals surface area contributed by atoms with E-state index in [9.17, 15) is 5.11 Å². The number of aliphatic hydroxyl groups excluding tert-OH is 1. The van der Waals surface area contributed by atoms with E-state index >= 15 is 0 Å². The van der Waals surface area contributed by atoms with Crippen molar-refractivity contribution in [3.8, 4) is 0 Å². The summed E-state index contributed by atoms with van der Waals surface area (Å²) < 4.78 is 0. The summed E-state index contributed by atoms with van der Waals surface area (Å²) in [5, 5.41) is 12.9. The van der Waals surface area contributed by atoms with Crippen molar-refractivity contribution in [3.05, 3.63) is 29.8 Å². The molecule has 1 aliphatic rings. The van der Waals surface area contributed by atoms with Crippen LogP contribution < -0.4 is 10.2 Å². The molecular formula is C14H22N2O. The van der Waals surface area contributed by atoms with Crippen molar-refractivity contribution >= 4 is 5.69 Å². The third-order valence-corrected chi connectivity index (χ3v) is 3.37. The van der Waals surface area contributed by atoms with Crippen LogP contribution in [-0.4, -0.2) is 37.4 Å². The average molecular weight is 234 g/mol. The highest BCUT2D eigenvalue weighted by Crippen LogP contribution is 2.21. The molecule has 1 aromatic carbocycles. The zero-order valence-electron chi connectivity index (χ0n) is 10.7. The van der Waals surface area contributed by atoms with E-state index < -0.39 is 0 Å². The predicted octanol–water partition coefficient (Wildman–Crippen LogP) is 1.40. The van der Waals surface area contributed by atoms with Gasteiger partial charge in [0.15, 0.2) is 0 Å². The lowest BCUT2D eigenvalue weighted by Gasteiger charge is -2.32. The van der Waals surface area contributed by atoms with E-state index in [2.05, 4.69) is 48.3 Å². The topological polar surface area (TPSA) is 35.5 Å². The third kappa shape index (κ3) is 2.99. The highest BCUT2D eigenvalue weighted by molar-refractivity contribution is 5.49. The second-order valence-corrected chi connectivity index (χ2v) is 5.09. The first-order chi connectivity index (χ1) is 8.20. The van der Waals surface area contributed by atoms with E-state index in [0.29, 0.717) is 5.92 Å². The van der Waals surface area contributed by atoms with E-state index in [1.807, 2.05) is 0 Å². The van der Waals surface area contributed by atoms with Gasteiger partial charge in [0.2, 0.25) is 0 Å². The fraction of sp³-hybridized carbons (Fsp3) is 0.571. The second-order valence-electron chi connectivity index (χ2n) is 5.09. The van der Waals surface area contributed by atoms with E-state index in [4.69, 9.17) is 0 Å². The van der Waals surface area contributed by atoms with Crippen molar-refractivity contribution in [2.75, 3.05) is 31.1 Å². The van der Waals surface area contributed by atoms with Gasteiger partial charge in [-0.2, -0.15) is 0 Å². The fourth-order valence-electron chi connectivity index (χ4n) is 2.44. The number of rotatable bonds is 2. The zero-order chi connectivity index (χ0) is 12.3. The molecule has 17 heavy (non-hydrogen) atoms. The molecule has 1 heterocycles. The molecule has 3 nitrogen and oxygen atoms in total. The van der Waals surface area contributed by atoms with Crippen LogP contribution in [0.15, 0.2) is 24.3 Å². The zero-order valence-corrected chi connectivity index (χ0v) is 10.7. The van der Waals surface area contributed by atoms with Gasteiger partial charge in [0, 0.05) is 18.8 Å². The van der Waals surface area contributed by atoms with Gasteiger partial charge >= 0.3 is 0 Å². The Hall–Kier alpha value is -1.06. The lowest BCUT2D eigenvalue weighted by atomic mass is 10.1. The Labute approximate surface area is 103 Å². The van der Waals surface area contributed by atoms with Crippen LogP contribution in [-0.2, 0) is 0 Å².